The summed E-state index contributed by atoms with van der Waals surface area (Å²) in [7, 11) is 0. The number of carbonyl (C=O) groups excluding carboxylic acids is 1. The molecular formula is C21H35FIN5O2. The van der Waals surface area contributed by atoms with Crippen LogP contribution in [-0.2, 0) is 4.79 Å². The molecule has 1 heterocycles. The molecule has 1 aliphatic heterocycles. The first-order valence-electron chi connectivity index (χ1n) is 10.3. The summed E-state index contributed by atoms with van der Waals surface area (Å²) in [5.74, 6) is 0.761. The zero-order valence-electron chi connectivity index (χ0n) is 18.4. The van der Waals surface area contributed by atoms with Gasteiger partial charge in [-0.15, -0.1) is 24.0 Å². The standard InChI is InChI=1S/C21H34FN5O2.HI/c1-5-23-21(24-14-17(4)29-19-9-7-6-8-18(19)22)27-12-10-26(11-13-27)15-20(28)25-16(2)3;/h6-9,16-17H,5,10-15H2,1-4H3,(H,23,24)(H,25,28);1H. The molecule has 9 heteroatoms. The van der Waals surface area contributed by atoms with E-state index >= 15 is 0 Å². The summed E-state index contributed by atoms with van der Waals surface area (Å²) < 4.78 is 19.4. The number of aliphatic imine (C=N–C) groups is 1. The lowest BCUT2D eigenvalue weighted by molar-refractivity contribution is -0.123. The fraction of sp³-hybridized carbons (Fsp3) is 0.619. The summed E-state index contributed by atoms with van der Waals surface area (Å²) in [6.45, 7) is 12.6. The minimum Gasteiger partial charge on any atom is -0.486 e. The van der Waals surface area contributed by atoms with Crippen molar-refractivity contribution in [1.29, 1.82) is 0 Å². The van der Waals surface area contributed by atoms with E-state index in [1.807, 2.05) is 27.7 Å². The Hall–Kier alpha value is -1.62. The molecule has 7 nitrogen and oxygen atoms in total. The summed E-state index contributed by atoms with van der Waals surface area (Å²) in [5, 5.41) is 6.24. The molecule has 170 valence electrons. The number of hydrogen-bond donors (Lipinski definition) is 2. The third-order valence-corrected chi connectivity index (χ3v) is 4.49. The quantitative estimate of drug-likeness (QED) is 0.304. The molecule has 0 bridgehead atoms. The summed E-state index contributed by atoms with van der Waals surface area (Å²) in [6, 6.07) is 6.55. The van der Waals surface area contributed by atoms with Gasteiger partial charge < -0.3 is 20.3 Å². The van der Waals surface area contributed by atoms with E-state index in [4.69, 9.17) is 4.74 Å². The van der Waals surface area contributed by atoms with Gasteiger partial charge in [-0.3, -0.25) is 9.69 Å². The smallest absolute Gasteiger partial charge is 0.234 e. The van der Waals surface area contributed by atoms with E-state index < -0.39 is 0 Å². The highest BCUT2D eigenvalue weighted by molar-refractivity contribution is 14.0. The van der Waals surface area contributed by atoms with Crippen molar-refractivity contribution in [3.8, 4) is 5.75 Å². The van der Waals surface area contributed by atoms with Crippen LogP contribution in [0.2, 0.25) is 0 Å². The molecule has 1 aliphatic rings. The molecule has 0 saturated carbocycles. The Balaban J connectivity index is 0.00000450. The van der Waals surface area contributed by atoms with Crippen LogP contribution < -0.4 is 15.4 Å². The number of hydrogen-bond acceptors (Lipinski definition) is 4. The molecule has 2 rings (SSSR count). The lowest BCUT2D eigenvalue weighted by Gasteiger charge is -2.36. The lowest BCUT2D eigenvalue weighted by atomic mass is 10.3. The van der Waals surface area contributed by atoms with Gasteiger partial charge in [0.1, 0.15) is 6.10 Å². The molecule has 0 spiro atoms. The van der Waals surface area contributed by atoms with Crippen molar-refractivity contribution in [3.05, 3.63) is 30.1 Å². The van der Waals surface area contributed by atoms with Crippen LogP contribution in [0, 0.1) is 5.82 Å². The van der Waals surface area contributed by atoms with Crippen molar-refractivity contribution in [2.45, 2.75) is 39.8 Å². The van der Waals surface area contributed by atoms with Crippen LogP contribution in [0.15, 0.2) is 29.3 Å². The van der Waals surface area contributed by atoms with Crippen molar-refractivity contribution < 1.29 is 13.9 Å². The fourth-order valence-corrected chi connectivity index (χ4v) is 3.12. The van der Waals surface area contributed by atoms with Gasteiger partial charge in [-0.1, -0.05) is 12.1 Å². The Morgan fingerprint density at radius 1 is 1.20 bits per heavy atom. The van der Waals surface area contributed by atoms with Crippen molar-refractivity contribution in [2.24, 2.45) is 4.99 Å². The van der Waals surface area contributed by atoms with E-state index in [-0.39, 0.29) is 53.6 Å². The highest BCUT2D eigenvalue weighted by Crippen LogP contribution is 2.17. The summed E-state index contributed by atoms with van der Waals surface area (Å²) in [4.78, 5) is 21.0. The average molecular weight is 535 g/mol. The maximum Gasteiger partial charge on any atom is 0.234 e. The van der Waals surface area contributed by atoms with Crippen molar-refractivity contribution in [1.82, 2.24) is 20.4 Å². The largest absolute Gasteiger partial charge is 0.486 e. The van der Waals surface area contributed by atoms with Crippen LogP contribution in [-0.4, -0.2) is 79.6 Å². The number of piperazine rings is 1. The van der Waals surface area contributed by atoms with Gasteiger partial charge in [-0.25, -0.2) is 9.38 Å². The number of nitrogens with one attached hydrogen (secondary N) is 2. The molecule has 0 radical (unpaired) electrons. The molecule has 1 atom stereocenters. The number of ether oxygens (including phenoxy) is 1. The third kappa shape index (κ3) is 9.03. The fourth-order valence-electron chi connectivity index (χ4n) is 3.12. The summed E-state index contributed by atoms with van der Waals surface area (Å²) >= 11 is 0. The molecule has 30 heavy (non-hydrogen) atoms. The SMILES string of the molecule is CCNC(=NCC(C)Oc1ccccc1F)N1CCN(CC(=O)NC(C)C)CC1.I. The number of amides is 1. The van der Waals surface area contributed by atoms with Gasteiger partial charge in [0.05, 0.1) is 13.1 Å². The number of para-hydroxylation sites is 1. The van der Waals surface area contributed by atoms with Crippen LogP contribution in [0.3, 0.4) is 0 Å². The number of halogens is 2. The first-order chi connectivity index (χ1) is 13.9. The highest BCUT2D eigenvalue weighted by atomic mass is 127. The van der Waals surface area contributed by atoms with Crippen molar-refractivity contribution in [3.63, 3.8) is 0 Å². The molecule has 1 aromatic carbocycles. The van der Waals surface area contributed by atoms with Gasteiger partial charge in [-0.05, 0) is 39.8 Å². The Labute approximate surface area is 196 Å². The molecule has 1 saturated heterocycles. The second-order valence-electron chi connectivity index (χ2n) is 7.54. The van der Waals surface area contributed by atoms with Crippen LogP contribution in [0.5, 0.6) is 5.75 Å². The number of carbonyl (C=O) groups is 1. The van der Waals surface area contributed by atoms with E-state index in [2.05, 4.69) is 25.4 Å². The minimum atomic E-state index is -0.368. The zero-order valence-corrected chi connectivity index (χ0v) is 20.7. The van der Waals surface area contributed by atoms with Gasteiger partial charge in [0.15, 0.2) is 17.5 Å². The second kappa shape index (κ2) is 13.6. The van der Waals surface area contributed by atoms with Crippen LogP contribution in [0.25, 0.3) is 0 Å². The van der Waals surface area contributed by atoms with E-state index in [0.717, 1.165) is 38.7 Å². The average Bonchev–Trinajstić information content (AvgIpc) is 2.67. The zero-order chi connectivity index (χ0) is 21.2. The Kier molecular flexibility index (Phi) is 12.0. The summed E-state index contributed by atoms with van der Waals surface area (Å²) in [6.07, 6.45) is -0.249. The van der Waals surface area contributed by atoms with E-state index in [1.54, 1.807) is 18.2 Å². The van der Waals surface area contributed by atoms with Gasteiger partial charge in [0.25, 0.3) is 0 Å². The maximum absolute atomic E-state index is 13.7. The first-order valence-corrected chi connectivity index (χ1v) is 10.3. The van der Waals surface area contributed by atoms with E-state index in [0.29, 0.717) is 13.1 Å². The normalized spacial score (nSPS) is 16.1. The Bertz CT molecular complexity index is 681. The summed E-state index contributed by atoms with van der Waals surface area (Å²) in [5.41, 5.74) is 0. The molecule has 1 fully saturated rings. The van der Waals surface area contributed by atoms with E-state index in [9.17, 15) is 9.18 Å². The predicted octanol–water partition coefficient (Wildman–Crippen LogP) is 2.32. The molecule has 1 unspecified atom stereocenters. The molecule has 2 N–H and O–H groups in total. The molecule has 0 aliphatic carbocycles. The van der Waals surface area contributed by atoms with Crippen molar-refractivity contribution >= 4 is 35.8 Å². The van der Waals surface area contributed by atoms with Gasteiger partial charge in [0.2, 0.25) is 5.91 Å². The van der Waals surface area contributed by atoms with Gasteiger partial charge in [-0.2, -0.15) is 0 Å². The predicted molar refractivity (Wildman–Crippen MR) is 129 cm³/mol. The topological polar surface area (TPSA) is 69.2 Å². The number of guanidine groups is 1. The Morgan fingerprint density at radius 2 is 1.87 bits per heavy atom. The lowest BCUT2D eigenvalue weighted by Crippen LogP contribution is -2.54. The maximum atomic E-state index is 13.7. The molecule has 1 aromatic rings. The van der Waals surface area contributed by atoms with Crippen LogP contribution in [0.4, 0.5) is 4.39 Å². The monoisotopic (exact) mass is 535 g/mol. The molecule has 1 amide bonds. The van der Waals surface area contributed by atoms with Gasteiger partial charge in [0, 0.05) is 38.8 Å². The second-order valence-corrected chi connectivity index (χ2v) is 7.54. The number of nitrogens with zero attached hydrogens (tertiary/aromatic N) is 3. The molecular weight excluding hydrogens is 500 g/mol. The minimum absolute atomic E-state index is 0. The third-order valence-electron chi connectivity index (χ3n) is 4.49. The number of benzene rings is 1. The highest BCUT2D eigenvalue weighted by Gasteiger charge is 2.21. The van der Waals surface area contributed by atoms with Crippen LogP contribution in [0.1, 0.15) is 27.7 Å². The van der Waals surface area contributed by atoms with Crippen LogP contribution >= 0.6 is 24.0 Å². The Morgan fingerprint density at radius 3 is 2.47 bits per heavy atom. The molecule has 0 aromatic heterocycles. The van der Waals surface area contributed by atoms with Crippen molar-refractivity contribution in [2.75, 3.05) is 45.8 Å². The van der Waals surface area contributed by atoms with Gasteiger partial charge >= 0.3 is 0 Å². The number of rotatable bonds is 8. The van der Waals surface area contributed by atoms with E-state index in [1.165, 1.54) is 6.07 Å². The first kappa shape index (κ1) is 26.4.